The number of hydrogen-bond donors (Lipinski definition) is 2. The Kier molecular flexibility index (Phi) is 3.67. The standard InChI is InChI=1S/C14H23N3/c1-9-4-3-5-11(8-9)13(15)12-10(2)6-7-17-14(12)16/h6-7,9,11,13H,3-5,8,15H2,1-2H3,(H2,16,17). The largest absolute Gasteiger partial charge is 0.383 e. The third kappa shape index (κ3) is 2.60. The fourth-order valence-corrected chi connectivity index (χ4v) is 3.07. The summed E-state index contributed by atoms with van der Waals surface area (Å²) in [5.74, 6) is 1.96. The molecule has 0 aromatic carbocycles. The summed E-state index contributed by atoms with van der Waals surface area (Å²) < 4.78 is 0. The van der Waals surface area contributed by atoms with E-state index in [1.807, 2.05) is 6.07 Å². The van der Waals surface area contributed by atoms with E-state index in [1.165, 1.54) is 31.2 Å². The zero-order chi connectivity index (χ0) is 12.4. The molecule has 3 unspecified atom stereocenters. The van der Waals surface area contributed by atoms with Crippen LogP contribution in [0, 0.1) is 18.8 Å². The molecule has 1 fully saturated rings. The first kappa shape index (κ1) is 12.4. The van der Waals surface area contributed by atoms with Gasteiger partial charge in [-0.05, 0) is 43.2 Å². The fourth-order valence-electron chi connectivity index (χ4n) is 3.07. The van der Waals surface area contributed by atoms with Gasteiger partial charge in [0, 0.05) is 17.8 Å². The van der Waals surface area contributed by atoms with Crippen LogP contribution in [-0.4, -0.2) is 4.98 Å². The van der Waals surface area contributed by atoms with Crippen LogP contribution in [0.2, 0.25) is 0 Å². The van der Waals surface area contributed by atoms with Gasteiger partial charge in [-0.25, -0.2) is 4.98 Å². The smallest absolute Gasteiger partial charge is 0.128 e. The molecule has 0 amide bonds. The molecule has 0 spiro atoms. The van der Waals surface area contributed by atoms with Gasteiger partial charge in [-0.3, -0.25) is 0 Å². The number of nitrogens with zero attached hydrogens (tertiary/aromatic N) is 1. The highest BCUT2D eigenvalue weighted by molar-refractivity contribution is 5.46. The zero-order valence-electron chi connectivity index (χ0n) is 10.8. The van der Waals surface area contributed by atoms with Gasteiger partial charge >= 0.3 is 0 Å². The Morgan fingerprint density at radius 2 is 2.18 bits per heavy atom. The third-order valence-electron chi connectivity index (χ3n) is 4.06. The molecule has 1 aromatic rings. The van der Waals surface area contributed by atoms with Gasteiger partial charge in [-0.2, -0.15) is 0 Å². The first-order valence-electron chi connectivity index (χ1n) is 6.56. The van der Waals surface area contributed by atoms with Crippen molar-refractivity contribution in [1.82, 2.24) is 4.98 Å². The number of hydrogen-bond acceptors (Lipinski definition) is 3. The normalized spacial score (nSPS) is 26.8. The third-order valence-corrected chi connectivity index (χ3v) is 4.06. The second-order valence-corrected chi connectivity index (χ2v) is 5.48. The predicted octanol–water partition coefficient (Wildman–Crippen LogP) is 2.80. The Hall–Kier alpha value is -1.09. The lowest BCUT2D eigenvalue weighted by atomic mass is 9.76. The van der Waals surface area contributed by atoms with Crippen molar-refractivity contribution >= 4 is 5.82 Å². The SMILES string of the molecule is Cc1ccnc(N)c1C(N)C1CCCC(C)C1. The van der Waals surface area contributed by atoms with E-state index in [-0.39, 0.29) is 6.04 Å². The Morgan fingerprint density at radius 1 is 1.41 bits per heavy atom. The number of pyridine rings is 1. The fraction of sp³-hybridized carbons (Fsp3) is 0.643. The molecule has 0 aliphatic heterocycles. The van der Waals surface area contributed by atoms with Crippen molar-refractivity contribution in [2.75, 3.05) is 5.73 Å². The number of aromatic nitrogens is 1. The topological polar surface area (TPSA) is 64.9 Å². The summed E-state index contributed by atoms with van der Waals surface area (Å²) in [4.78, 5) is 4.17. The summed E-state index contributed by atoms with van der Waals surface area (Å²) in [6.45, 7) is 4.39. The molecule has 0 bridgehead atoms. The van der Waals surface area contributed by atoms with Crippen LogP contribution in [0.4, 0.5) is 5.82 Å². The van der Waals surface area contributed by atoms with Crippen molar-refractivity contribution in [2.45, 2.75) is 45.6 Å². The van der Waals surface area contributed by atoms with Crippen molar-refractivity contribution in [2.24, 2.45) is 17.6 Å². The van der Waals surface area contributed by atoms with Gasteiger partial charge in [0.05, 0.1) is 0 Å². The van der Waals surface area contributed by atoms with Gasteiger partial charge in [-0.15, -0.1) is 0 Å². The molecular formula is C14H23N3. The van der Waals surface area contributed by atoms with Gasteiger partial charge in [0.15, 0.2) is 0 Å². The summed E-state index contributed by atoms with van der Waals surface area (Å²) in [5, 5.41) is 0. The van der Waals surface area contributed by atoms with E-state index in [0.29, 0.717) is 11.7 Å². The van der Waals surface area contributed by atoms with Gasteiger partial charge in [0.1, 0.15) is 5.82 Å². The molecule has 0 radical (unpaired) electrons. The molecule has 0 saturated heterocycles. The maximum Gasteiger partial charge on any atom is 0.128 e. The summed E-state index contributed by atoms with van der Waals surface area (Å²) in [7, 11) is 0. The predicted molar refractivity (Wildman–Crippen MR) is 71.4 cm³/mol. The molecule has 1 saturated carbocycles. The first-order chi connectivity index (χ1) is 8.09. The summed E-state index contributed by atoms with van der Waals surface area (Å²) in [6, 6.07) is 2.05. The minimum Gasteiger partial charge on any atom is -0.383 e. The first-order valence-corrected chi connectivity index (χ1v) is 6.56. The maximum atomic E-state index is 6.41. The molecule has 94 valence electrons. The maximum absolute atomic E-state index is 6.41. The molecule has 1 aromatic heterocycles. The summed E-state index contributed by atoms with van der Waals surface area (Å²) >= 11 is 0. The lowest BCUT2D eigenvalue weighted by Crippen LogP contribution is -2.27. The van der Waals surface area contributed by atoms with E-state index in [4.69, 9.17) is 11.5 Å². The van der Waals surface area contributed by atoms with Crippen LogP contribution in [0.15, 0.2) is 12.3 Å². The van der Waals surface area contributed by atoms with E-state index in [1.54, 1.807) is 6.20 Å². The molecular weight excluding hydrogens is 210 g/mol. The van der Waals surface area contributed by atoms with E-state index in [9.17, 15) is 0 Å². The molecule has 1 aliphatic carbocycles. The number of rotatable bonds is 2. The quantitative estimate of drug-likeness (QED) is 0.825. The average molecular weight is 233 g/mol. The van der Waals surface area contributed by atoms with Crippen molar-refractivity contribution in [3.63, 3.8) is 0 Å². The number of nitrogens with two attached hydrogens (primary N) is 2. The molecule has 3 nitrogen and oxygen atoms in total. The van der Waals surface area contributed by atoms with Crippen molar-refractivity contribution in [3.05, 3.63) is 23.4 Å². The Morgan fingerprint density at radius 3 is 2.82 bits per heavy atom. The van der Waals surface area contributed by atoms with Crippen LogP contribution in [0.25, 0.3) is 0 Å². The lowest BCUT2D eigenvalue weighted by molar-refractivity contribution is 0.248. The lowest BCUT2D eigenvalue weighted by Gasteiger charge is -2.32. The second-order valence-electron chi connectivity index (χ2n) is 5.48. The van der Waals surface area contributed by atoms with Gasteiger partial charge < -0.3 is 11.5 Å². The Labute approximate surface area is 104 Å². The van der Waals surface area contributed by atoms with Gasteiger partial charge in [0.2, 0.25) is 0 Å². The van der Waals surface area contributed by atoms with E-state index in [2.05, 4.69) is 18.8 Å². The van der Waals surface area contributed by atoms with Crippen molar-refractivity contribution in [1.29, 1.82) is 0 Å². The molecule has 3 atom stereocenters. The average Bonchev–Trinajstić information content (AvgIpc) is 2.28. The zero-order valence-corrected chi connectivity index (χ0v) is 10.8. The molecule has 17 heavy (non-hydrogen) atoms. The Balaban J connectivity index is 2.21. The summed E-state index contributed by atoms with van der Waals surface area (Å²) in [5.41, 5.74) is 14.6. The number of aryl methyl sites for hydroxylation is 1. The van der Waals surface area contributed by atoms with Crippen LogP contribution in [0.5, 0.6) is 0 Å². The van der Waals surface area contributed by atoms with Crippen LogP contribution in [-0.2, 0) is 0 Å². The van der Waals surface area contributed by atoms with Crippen LogP contribution in [0.1, 0.15) is 49.8 Å². The highest BCUT2D eigenvalue weighted by Crippen LogP contribution is 2.37. The van der Waals surface area contributed by atoms with Gasteiger partial charge in [-0.1, -0.05) is 19.8 Å². The van der Waals surface area contributed by atoms with Crippen LogP contribution >= 0.6 is 0 Å². The van der Waals surface area contributed by atoms with Crippen molar-refractivity contribution < 1.29 is 0 Å². The Bertz CT molecular complexity index is 369. The number of nitrogen functional groups attached to an aromatic ring is 1. The minimum absolute atomic E-state index is 0.0476. The van der Waals surface area contributed by atoms with E-state index < -0.39 is 0 Å². The highest BCUT2D eigenvalue weighted by Gasteiger charge is 2.27. The number of anilines is 1. The molecule has 1 aliphatic rings. The van der Waals surface area contributed by atoms with Crippen LogP contribution in [0.3, 0.4) is 0 Å². The summed E-state index contributed by atoms with van der Waals surface area (Å²) in [6.07, 6.45) is 6.82. The van der Waals surface area contributed by atoms with Crippen molar-refractivity contribution in [3.8, 4) is 0 Å². The molecule has 1 heterocycles. The molecule has 2 rings (SSSR count). The van der Waals surface area contributed by atoms with E-state index >= 15 is 0 Å². The van der Waals surface area contributed by atoms with Gasteiger partial charge in [0.25, 0.3) is 0 Å². The highest BCUT2D eigenvalue weighted by atomic mass is 14.8. The second kappa shape index (κ2) is 5.05. The van der Waals surface area contributed by atoms with E-state index in [0.717, 1.165) is 11.5 Å². The van der Waals surface area contributed by atoms with Crippen LogP contribution < -0.4 is 11.5 Å². The molecule has 4 N–H and O–H groups in total. The minimum atomic E-state index is 0.0476. The molecule has 3 heteroatoms. The monoisotopic (exact) mass is 233 g/mol.